The van der Waals surface area contributed by atoms with Crippen LogP contribution in [-0.4, -0.2) is 20.1 Å². The third kappa shape index (κ3) is 11.9. The molecule has 7 aliphatic heterocycles. The molecule has 0 amide bonds. The molecule has 19 aromatic carbocycles. The van der Waals surface area contributed by atoms with E-state index in [1.807, 2.05) is 0 Å². The molecule has 13 heteroatoms. The van der Waals surface area contributed by atoms with Crippen LogP contribution in [0.25, 0.3) is 0 Å². The first-order valence-corrected chi connectivity index (χ1v) is 45.4. The van der Waals surface area contributed by atoms with Crippen LogP contribution < -0.4 is 98.0 Å². The fourth-order valence-electron chi connectivity index (χ4n) is 22.1. The molecule has 0 atom stereocenters. The summed E-state index contributed by atoms with van der Waals surface area (Å²) in [5, 5.41) is 0. The van der Waals surface area contributed by atoms with E-state index in [1.54, 1.807) is 0 Å². The summed E-state index contributed by atoms with van der Waals surface area (Å²) in [6, 6.07) is 169. The van der Waals surface area contributed by atoms with E-state index < -0.39 is 13.4 Å². The first-order chi connectivity index (χ1) is 64.7. The first-order valence-electron chi connectivity index (χ1n) is 45.4. The number of anilines is 27. The summed E-state index contributed by atoms with van der Waals surface area (Å²) in [4.78, 5) is 22.8. The maximum Gasteiger partial charge on any atom is 0.252 e. The van der Waals surface area contributed by atoms with Crippen molar-refractivity contribution >= 4 is 223 Å². The number of benzene rings is 19. The zero-order valence-electron chi connectivity index (χ0n) is 72.5. The lowest BCUT2D eigenvalue weighted by molar-refractivity contribution is 0.478. The zero-order valence-corrected chi connectivity index (χ0v) is 72.5. The first kappa shape index (κ1) is 75.7. The van der Waals surface area contributed by atoms with Gasteiger partial charge in [0.05, 0.1) is 11.4 Å². The summed E-state index contributed by atoms with van der Waals surface area (Å²) in [5.41, 5.74) is 40.2. The number of ether oxygens (including phenoxy) is 1. The Morgan fingerprint density at radius 3 is 0.733 bits per heavy atom. The van der Waals surface area contributed by atoms with Crippen molar-refractivity contribution in [2.75, 3.05) is 44.1 Å². The minimum atomic E-state index is -0.456. The lowest BCUT2D eigenvalue weighted by Gasteiger charge is -2.53. The molecule has 7 aliphatic rings. The topological polar surface area (TPSA) is 38.4 Å². The maximum atomic E-state index is 8.31. The molecule has 0 radical (unpaired) electrons. The van der Waals surface area contributed by atoms with Gasteiger partial charge in [-0.05, 0) is 279 Å². The van der Waals surface area contributed by atoms with Crippen molar-refractivity contribution in [3.63, 3.8) is 0 Å². The zero-order chi connectivity index (χ0) is 86.7. The van der Waals surface area contributed by atoms with E-state index >= 15 is 0 Å². The third-order valence-corrected chi connectivity index (χ3v) is 27.5. The molecule has 0 N–H and O–H groups in total. The van der Waals surface area contributed by atoms with Gasteiger partial charge in [0, 0.05) is 154 Å². The number of fused-ring (bicyclic) bond motifs is 10. The predicted molar refractivity (Wildman–Crippen MR) is 551 cm³/mol. The van der Waals surface area contributed by atoms with Gasteiger partial charge in [-0.1, -0.05) is 245 Å². The Kier molecular flexibility index (Phi) is 17.3. The van der Waals surface area contributed by atoms with Crippen molar-refractivity contribution < 1.29 is 4.74 Å². The highest BCUT2D eigenvalue weighted by atomic mass is 16.5. The van der Waals surface area contributed by atoms with Gasteiger partial charge >= 0.3 is 0 Å². The van der Waals surface area contributed by atoms with Crippen LogP contribution in [0.2, 0.25) is 0 Å². The van der Waals surface area contributed by atoms with E-state index in [0.29, 0.717) is 0 Å². The fraction of sp³-hybridized carbons (Fsp3) is 0.0339. The van der Waals surface area contributed by atoms with Gasteiger partial charge in [-0.15, -0.1) is 0 Å². The molecule has 0 saturated carbocycles. The maximum absolute atomic E-state index is 8.31. The molecule has 19 aromatic rings. The molecule has 0 saturated heterocycles. The molecular formula is C118H84B3N9O. The molecule has 131 heavy (non-hydrogen) atoms. The lowest BCUT2D eigenvalue weighted by atomic mass is 9.27. The number of rotatable bonds is 16. The smallest absolute Gasteiger partial charge is 0.252 e. The summed E-state index contributed by atoms with van der Waals surface area (Å²) in [7, 11) is 0. The summed E-state index contributed by atoms with van der Waals surface area (Å²) >= 11 is 0. The number of hydrogen-bond acceptors (Lipinski definition) is 10. The molecule has 0 unspecified atom stereocenters. The highest BCUT2D eigenvalue weighted by Gasteiger charge is 2.57. The van der Waals surface area contributed by atoms with Gasteiger partial charge in [0.1, 0.15) is 0 Å². The van der Waals surface area contributed by atoms with Crippen molar-refractivity contribution in [1.82, 2.24) is 0 Å². The Bertz CT molecular complexity index is 7550. The summed E-state index contributed by atoms with van der Waals surface area (Å²) < 4.78 is 8.31. The van der Waals surface area contributed by atoms with Crippen LogP contribution in [0.1, 0.15) is 26.3 Å². The number of nitrogens with zero attached hydrogens (tertiary/aromatic N) is 9. The lowest BCUT2D eigenvalue weighted by Crippen LogP contribution is -2.69. The summed E-state index contributed by atoms with van der Waals surface area (Å²) in [6.07, 6.45) is 0. The second kappa shape index (κ2) is 30.0. The molecule has 7 heterocycles. The van der Waals surface area contributed by atoms with Crippen LogP contribution in [0.15, 0.2) is 455 Å². The Morgan fingerprint density at radius 2 is 0.435 bits per heavy atom. The Morgan fingerprint density at radius 1 is 0.191 bits per heavy atom. The van der Waals surface area contributed by atoms with E-state index in [2.05, 4.69) is 520 Å². The predicted octanol–water partition coefficient (Wildman–Crippen LogP) is 25.7. The van der Waals surface area contributed by atoms with Gasteiger partial charge < -0.3 is 48.8 Å². The van der Waals surface area contributed by atoms with E-state index in [4.69, 9.17) is 4.74 Å². The fourth-order valence-corrected chi connectivity index (χ4v) is 22.1. The Labute approximate surface area is 764 Å². The summed E-state index contributed by atoms with van der Waals surface area (Å²) in [5.74, 6) is 1.51. The van der Waals surface area contributed by atoms with Crippen LogP contribution in [0, 0.1) is 0 Å². The average molecular weight is 1680 g/mol. The second-order valence-electron chi connectivity index (χ2n) is 35.9. The molecule has 616 valence electrons. The van der Waals surface area contributed by atoms with Gasteiger partial charge in [-0.2, -0.15) is 0 Å². The van der Waals surface area contributed by atoms with E-state index in [1.165, 1.54) is 38.3 Å². The molecule has 10 nitrogen and oxygen atoms in total. The van der Waals surface area contributed by atoms with Crippen LogP contribution in [0.5, 0.6) is 11.5 Å². The summed E-state index contributed by atoms with van der Waals surface area (Å²) in [6.45, 7) is 5.90. The normalized spacial score (nSPS) is 13.2. The molecule has 26 rings (SSSR count). The highest BCUT2D eigenvalue weighted by Crippen LogP contribution is 2.60. The van der Waals surface area contributed by atoms with Crippen LogP contribution in [-0.2, 0) is 5.41 Å². The Balaban J connectivity index is 0.819. The number of para-hydroxylation sites is 12. The standard InChI is InChI=1S/C118H84B3N9O/c1-118(2,3)79-68-106-112-107(69-79)128(90-60-36-14-37-61-90)104-77-105-99(76-98(104)119(112)96-70-92(64-66-102(96)126(106)88-56-32-12-33-57-88)122(80-40-16-4-17-41-80)81-42-18-5-19-43-81)121-101-73-95(125(86-52-28-10-29-53-86)87-54-30-11-31-55-87)75-111-116(101)130-115-100(72-94(74-110(115)131-111)124(84-48-24-8-25-49-84)85-50-26-9-27-51-85)120-97-71-93(123(82-44-20-6-21-45-82)83-46-22-7-23-47-83)65-67-103(97)127(89-58-34-13-35-59-89)108-78-109(114(121)117(130)113(108)120)129(105)91-62-38-15-39-63-91/h4-78H,1-3H3. The molecule has 0 aliphatic carbocycles. The highest BCUT2D eigenvalue weighted by molar-refractivity contribution is 7.06. The number of hydrogen-bond donors (Lipinski definition) is 0. The minimum Gasteiger partial charge on any atom is -0.453 e. The largest absolute Gasteiger partial charge is 0.453 e. The third-order valence-electron chi connectivity index (χ3n) is 27.5. The van der Waals surface area contributed by atoms with Crippen molar-refractivity contribution in [2.45, 2.75) is 26.2 Å². The second-order valence-corrected chi connectivity index (χ2v) is 35.9. The van der Waals surface area contributed by atoms with Gasteiger partial charge in [-0.3, -0.25) is 0 Å². The van der Waals surface area contributed by atoms with Crippen molar-refractivity contribution in [3.05, 3.63) is 461 Å². The van der Waals surface area contributed by atoms with Crippen LogP contribution in [0.4, 0.5) is 154 Å². The molecule has 0 fully saturated rings. The molecule has 0 spiro atoms. The van der Waals surface area contributed by atoms with E-state index in [-0.39, 0.29) is 12.1 Å². The molecule has 0 bridgehead atoms. The van der Waals surface area contributed by atoms with E-state index in [9.17, 15) is 0 Å². The van der Waals surface area contributed by atoms with Gasteiger partial charge in [0.2, 0.25) is 0 Å². The van der Waals surface area contributed by atoms with Crippen LogP contribution in [0.3, 0.4) is 0 Å². The van der Waals surface area contributed by atoms with E-state index in [0.717, 1.165) is 181 Å². The minimum absolute atomic E-state index is 0.275. The van der Waals surface area contributed by atoms with Crippen molar-refractivity contribution in [1.29, 1.82) is 0 Å². The monoisotopic (exact) mass is 1680 g/mol. The molecule has 0 aromatic heterocycles. The van der Waals surface area contributed by atoms with Gasteiger partial charge in [0.15, 0.2) is 11.5 Å². The van der Waals surface area contributed by atoms with Gasteiger partial charge in [0.25, 0.3) is 20.1 Å². The molecular weight excluding hydrogens is 1590 g/mol. The quantitative estimate of drug-likeness (QED) is 0.0874. The average Bonchev–Trinajstić information content (AvgIpc) is 0.652. The van der Waals surface area contributed by atoms with Crippen LogP contribution >= 0.6 is 0 Å². The van der Waals surface area contributed by atoms with Crippen molar-refractivity contribution in [2.24, 2.45) is 0 Å². The SMILES string of the molecule is CC(C)(C)c1cc2c3c(c1)N(c1ccccc1)c1cc4c(cc1B3c1cc(N(c3ccccc3)c3ccccc3)ccc1N2c1ccccc1)B1c2cc(N(c3ccccc3)c3ccccc3)cc3c2N2c5c(cc(N(c6ccccc6)c6ccccc6)cc5B5c6cc(N(c7ccccc7)c7ccccc7)ccc6N(c6ccccc6)c6cc(c1c2c65)N4c1ccccc1)O3. The van der Waals surface area contributed by atoms with Gasteiger partial charge in [-0.25, -0.2) is 0 Å². The van der Waals surface area contributed by atoms with Crippen molar-refractivity contribution in [3.8, 4) is 11.5 Å². The Hall–Kier alpha value is -16.6.